The van der Waals surface area contributed by atoms with E-state index in [-0.39, 0.29) is 17.8 Å². The number of amides is 2. The van der Waals surface area contributed by atoms with E-state index in [0.717, 1.165) is 43.5 Å². The van der Waals surface area contributed by atoms with Crippen molar-refractivity contribution < 1.29 is 9.53 Å². The maximum Gasteiger partial charge on any atom is 0.326 e. The summed E-state index contributed by atoms with van der Waals surface area (Å²) in [5.41, 5.74) is 1.74. The van der Waals surface area contributed by atoms with Gasteiger partial charge in [0.05, 0.1) is 17.6 Å². The number of para-hydroxylation sites is 2. The highest BCUT2D eigenvalue weighted by Gasteiger charge is 2.26. The smallest absolute Gasteiger partial charge is 0.326 e. The number of piperidine rings is 1. The highest BCUT2D eigenvalue weighted by Crippen LogP contribution is 2.24. The molecular formula is C18H24N4O3. The number of H-pyrrole nitrogens is 1. The van der Waals surface area contributed by atoms with Gasteiger partial charge in [-0.1, -0.05) is 12.1 Å². The molecule has 2 fully saturated rings. The van der Waals surface area contributed by atoms with Crippen LogP contribution in [0.5, 0.6) is 0 Å². The third kappa shape index (κ3) is 3.28. The van der Waals surface area contributed by atoms with Crippen molar-refractivity contribution in [3.05, 3.63) is 34.7 Å². The van der Waals surface area contributed by atoms with Crippen LogP contribution in [0, 0.1) is 5.92 Å². The molecule has 0 aliphatic carbocycles. The fourth-order valence-corrected chi connectivity index (χ4v) is 3.85. The second-order valence-electron chi connectivity index (χ2n) is 6.95. The highest BCUT2D eigenvalue weighted by molar-refractivity contribution is 5.75. The number of aromatic nitrogens is 2. The van der Waals surface area contributed by atoms with E-state index in [1.165, 1.54) is 0 Å². The van der Waals surface area contributed by atoms with E-state index in [4.69, 9.17) is 4.74 Å². The van der Waals surface area contributed by atoms with Crippen LogP contribution in [0.1, 0.15) is 25.3 Å². The quantitative estimate of drug-likeness (QED) is 0.890. The van der Waals surface area contributed by atoms with Gasteiger partial charge in [0.15, 0.2) is 0 Å². The van der Waals surface area contributed by atoms with E-state index in [0.29, 0.717) is 25.6 Å². The fraction of sp³-hybridized carbons (Fsp3) is 0.556. The van der Waals surface area contributed by atoms with Crippen LogP contribution < -0.4 is 11.0 Å². The Morgan fingerprint density at radius 1 is 1.24 bits per heavy atom. The van der Waals surface area contributed by atoms with Crippen molar-refractivity contribution in [2.45, 2.75) is 25.3 Å². The van der Waals surface area contributed by atoms with Crippen LogP contribution in [0.4, 0.5) is 4.79 Å². The van der Waals surface area contributed by atoms with Gasteiger partial charge in [0, 0.05) is 38.2 Å². The number of ether oxygens (including phenoxy) is 1. The molecule has 0 bridgehead atoms. The zero-order valence-electron chi connectivity index (χ0n) is 14.2. The summed E-state index contributed by atoms with van der Waals surface area (Å²) in [6, 6.07) is 7.89. The number of benzene rings is 1. The first-order valence-corrected chi connectivity index (χ1v) is 9.02. The van der Waals surface area contributed by atoms with E-state index < -0.39 is 0 Å². The van der Waals surface area contributed by atoms with Crippen LogP contribution in [-0.2, 0) is 4.74 Å². The number of rotatable bonds is 3. The molecular weight excluding hydrogens is 320 g/mol. The third-order valence-electron chi connectivity index (χ3n) is 5.31. The molecule has 4 rings (SSSR count). The number of fused-ring (bicyclic) bond motifs is 1. The number of carbonyl (C=O) groups excluding carboxylic acids is 1. The van der Waals surface area contributed by atoms with Gasteiger partial charge in [0.25, 0.3) is 0 Å². The Morgan fingerprint density at radius 3 is 2.80 bits per heavy atom. The average Bonchev–Trinajstić information content (AvgIpc) is 3.26. The Kier molecular flexibility index (Phi) is 4.48. The Hall–Kier alpha value is -2.28. The van der Waals surface area contributed by atoms with E-state index in [2.05, 4.69) is 10.3 Å². The van der Waals surface area contributed by atoms with Crippen molar-refractivity contribution in [1.29, 1.82) is 0 Å². The zero-order valence-corrected chi connectivity index (χ0v) is 14.2. The largest absolute Gasteiger partial charge is 0.381 e. The van der Waals surface area contributed by atoms with Gasteiger partial charge in [-0.3, -0.25) is 4.57 Å². The topological polar surface area (TPSA) is 79.4 Å². The van der Waals surface area contributed by atoms with Gasteiger partial charge in [-0.25, -0.2) is 9.59 Å². The van der Waals surface area contributed by atoms with Crippen LogP contribution in [0.15, 0.2) is 29.1 Å². The summed E-state index contributed by atoms with van der Waals surface area (Å²) < 4.78 is 7.18. The van der Waals surface area contributed by atoms with Crippen molar-refractivity contribution in [3.63, 3.8) is 0 Å². The van der Waals surface area contributed by atoms with Gasteiger partial charge in [0.1, 0.15) is 0 Å². The van der Waals surface area contributed by atoms with Gasteiger partial charge in [-0.05, 0) is 31.4 Å². The summed E-state index contributed by atoms with van der Waals surface area (Å²) in [5.74, 6) is 0.436. The minimum atomic E-state index is -0.0645. The molecule has 2 aliphatic heterocycles. The number of hydrogen-bond acceptors (Lipinski definition) is 3. The molecule has 0 unspecified atom stereocenters. The number of nitrogens with one attached hydrogen (secondary N) is 2. The summed E-state index contributed by atoms with van der Waals surface area (Å²) >= 11 is 0. The maximum atomic E-state index is 12.3. The molecule has 7 heteroatoms. The number of aromatic amines is 1. The highest BCUT2D eigenvalue weighted by atomic mass is 16.5. The molecule has 0 saturated carbocycles. The van der Waals surface area contributed by atoms with Crippen molar-refractivity contribution in [1.82, 2.24) is 19.8 Å². The predicted molar refractivity (Wildman–Crippen MR) is 94.7 cm³/mol. The van der Waals surface area contributed by atoms with E-state index in [1.807, 2.05) is 33.7 Å². The molecule has 0 radical (unpaired) electrons. The lowest BCUT2D eigenvalue weighted by molar-refractivity contribution is 0.166. The minimum absolute atomic E-state index is 0.00313. The number of hydrogen-bond donors (Lipinski definition) is 2. The predicted octanol–water partition coefficient (Wildman–Crippen LogP) is 1.71. The fourth-order valence-electron chi connectivity index (χ4n) is 3.85. The number of imidazole rings is 1. The molecule has 2 amide bonds. The molecule has 0 spiro atoms. The second kappa shape index (κ2) is 6.92. The molecule has 2 aliphatic rings. The second-order valence-corrected chi connectivity index (χ2v) is 6.95. The number of nitrogens with zero attached hydrogens (tertiary/aromatic N) is 2. The molecule has 1 atom stereocenters. The molecule has 2 saturated heterocycles. The molecule has 3 heterocycles. The van der Waals surface area contributed by atoms with Gasteiger partial charge < -0.3 is 19.9 Å². The van der Waals surface area contributed by atoms with Crippen LogP contribution in [0.3, 0.4) is 0 Å². The average molecular weight is 344 g/mol. The van der Waals surface area contributed by atoms with Crippen molar-refractivity contribution in [2.75, 3.05) is 32.8 Å². The SMILES string of the molecule is O=C(NC[C@H]1CCOC1)N1CCC(n2c(=O)[nH]c3ccccc32)CC1. The number of carbonyl (C=O) groups is 1. The van der Waals surface area contributed by atoms with E-state index >= 15 is 0 Å². The Bertz CT molecular complexity index is 798. The molecule has 134 valence electrons. The van der Waals surface area contributed by atoms with Gasteiger partial charge in [-0.2, -0.15) is 0 Å². The van der Waals surface area contributed by atoms with Gasteiger partial charge in [-0.15, -0.1) is 0 Å². The zero-order chi connectivity index (χ0) is 17.2. The molecule has 1 aromatic heterocycles. The van der Waals surface area contributed by atoms with Crippen LogP contribution >= 0.6 is 0 Å². The lowest BCUT2D eigenvalue weighted by Crippen LogP contribution is -2.46. The third-order valence-corrected chi connectivity index (χ3v) is 5.31. The summed E-state index contributed by atoms with van der Waals surface area (Å²) in [5, 5.41) is 3.02. The van der Waals surface area contributed by atoms with E-state index in [1.54, 1.807) is 0 Å². The normalized spacial score (nSPS) is 21.8. The number of likely N-dealkylation sites (tertiary alicyclic amines) is 1. The summed E-state index contributed by atoms with van der Waals surface area (Å²) in [7, 11) is 0. The first-order chi connectivity index (χ1) is 12.2. The summed E-state index contributed by atoms with van der Waals surface area (Å²) in [6.07, 6.45) is 2.61. The molecule has 25 heavy (non-hydrogen) atoms. The van der Waals surface area contributed by atoms with E-state index in [9.17, 15) is 9.59 Å². The van der Waals surface area contributed by atoms with Crippen LogP contribution in [0.25, 0.3) is 11.0 Å². The lowest BCUT2D eigenvalue weighted by atomic mass is 10.0. The maximum absolute atomic E-state index is 12.3. The van der Waals surface area contributed by atoms with Gasteiger partial charge in [0.2, 0.25) is 0 Å². The molecule has 2 aromatic rings. The lowest BCUT2D eigenvalue weighted by Gasteiger charge is -2.32. The Morgan fingerprint density at radius 2 is 2.04 bits per heavy atom. The van der Waals surface area contributed by atoms with Gasteiger partial charge >= 0.3 is 11.7 Å². The standard InChI is InChI=1S/C18H24N4O3/c23-17(19-11-13-7-10-25-12-13)21-8-5-14(6-9-21)22-16-4-2-1-3-15(16)20-18(22)24/h1-4,13-14H,5-12H2,(H,19,23)(H,20,24)/t13-/m1/s1. The summed E-state index contributed by atoms with van der Waals surface area (Å²) in [4.78, 5) is 29.4. The molecule has 2 N–H and O–H groups in total. The monoisotopic (exact) mass is 344 g/mol. The van der Waals surface area contributed by atoms with Crippen LogP contribution in [0.2, 0.25) is 0 Å². The van der Waals surface area contributed by atoms with Crippen molar-refractivity contribution in [2.24, 2.45) is 5.92 Å². The van der Waals surface area contributed by atoms with Crippen molar-refractivity contribution >= 4 is 17.1 Å². The van der Waals surface area contributed by atoms with Crippen molar-refractivity contribution in [3.8, 4) is 0 Å². The van der Waals surface area contributed by atoms with Crippen LogP contribution in [-0.4, -0.2) is 53.3 Å². The molecule has 7 nitrogen and oxygen atoms in total. The Labute approximate surface area is 146 Å². The minimum Gasteiger partial charge on any atom is -0.381 e. The first kappa shape index (κ1) is 16.2. The Balaban J connectivity index is 1.37. The molecule has 1 aromatic carbocycles. The number of urea groups is 1. The summed E-state index contributed by atoms with van der Waals surface area (Å²) in [6.45, 7) is 3.56. The first-order valence-electron chi connectivity index (χ1n) is 9.02.